The number of nitrogens with one attached hydrogen (secondary N) is 1. The minimum Gasteiger partial charge on any atom is -0.496 e. The van der Waals surface area contributed by atoms with Crippen LogP contribution in [0.3, 0.4) is 0 Å². The molecule has 0 saturated heterocycles. The number of carbonyl (C=O) groups excluding carboxylic acids is 1. The zero-order valence-corrected chi connectivity index (χ0v) is 20.5. The number of ether oxygens (including phenoxy) is 3. The zero-order chi connectivity index (χ0) is 25.5. The van der Waals surface area contributed by atoms with Gasteiger partial charge in [-0.1, -0.05) is 18.2 Å². The summed E-state index contributed by atoms with van der Waals surface area (Å²) in [5, 5.41) is 11.9. The summed E-state index contributed by atoms with van der Waals surface area (Å²) in [7, 11) is 3.21. The Morgan fingerprint density at radius 1 is 1.00 bits per heavy atom. The second-order valence-electron chi connectivity index (χ2n) is 8.32. The highest BCUT2D eigenvalue weighted by atomic mass is 16.5. The monoisotopic (exact) mass is 478 g/mol. The van der Waals surface area contributed by atoms with Gasteiger partial charge >= 0.3 is 5.97 Å². The first-order chi connectivity index (χ1) is 16.7. The lowest BCUT2D eigenvalue weighted by atomic mass is 10.00. The number of carboxylic acids is 1. The zero-order valence-electron chi connectivity index (χ0n) is 20.5. The van der Waals surface area contributed by atoms with Crippen molar-refractivity contribution in [3.05, 3.63) is 76.5 Å². The highest BCUT2D eigenvalue weighted by Crippen LogP contribution is 2.33. The Kier molecular flexibility index (Phi) is 8.30. The van der Waals surface area contributed by atoms with E-state index in [2.05, 4.69) is 10.3 Å². The van der Waals surface area contributed by atoms with Gasteiger partial charge in [-0.3, -0.25) is 4.79 Å². The molecule has 8 nitrogen and oxygen atoms in total. The van der Waals surface area contributed by atoms with Gasteiger partial charge in [-0.05, 0) is 54.3 Å². The summed E-state index contributed by atoms with van der Waals surface area (Å²) in [6, 6.07) is 12.2. The van der Waals surface area contributed by atoms with E-state index in [4.69, 9.17) is 14.2 Å². The average Bonchev–Trinajstić information content (AvgIpc) is 2.81. The second kappa shape index (κ2) is 11.4. The predicted molar refractivity (Wildman–Crippen MR) is 132 cm³/mol. The van der Waals surface area contributed by atoms with Crippen molar-refractivity contribution < 1.29 is 28.9 Å². The van der Waals surface area contributed by atoms with Gasteiger partial charge in [-0.25, -0.2) is 9.78 Å². The number of aryl methyl sites for hydroxylation is 2. The van der Waals surface area contributed by atoms with Crippen LogP contribution in [0.15, 0.2) is 48.7 Å². The fourth-order valence-electron chi connectivity index (χ4n) is 3.93. The fraction of sp³-hybridized carbons (Fsp3) is 0.296. The largest absolute Gasteiger partial charge is 0.496 e. The van der Waals surface area contributed by atoms with Crippen molar-refractivity contribution >= 4 is 11.9 Å². The van der Waals surface area contributed by atoms with Crippen LogP contribution in [0.25, 0.3) is 0 Å². The summed E-state index contributed by atoms with van der Waals surface area (Å²) in [6.45, 7) is 5.12. The number of carboxylic acid groups (broad SMARTS) is 1. The van der Waals surface area contributed by atoms with E-state index < -0.39 is 12.0 Å². The Morgan fingerprint density at radius 2 is 1.71 bits per heavy atom. The summed E-state index contributed by atoms with van der Waals surface area (Å²) in [6.07, 6.45) is 2.55. The van der Waals surface area contributed by atoms with Crippen LogP contribution in [0.1, 0.15) is 34.7 Å². The highest BCUT2D eigenvalue weighted by Gasteiger charge is 2.20. The molecule has 8 heteroatoms. The number of hydrogen-bond donors (Lipinski definition) is 2. The lowest BCUT2D eigenvalue weighted by molar-refractivity contribution is -0.141. The first kappa shape index (κ1) is 25.6. The standard InChI is InChI=1S/C27H30N2O6/c1-16-10-20(13-23(27(31)32)29-18(3)30)11-17(2)26(16)35-22-7-8-24(33-4)21(14-22)12-19-6-9-25(34-5)28-15-19/h6-11,14-15,23H,12-13H2,1-5H3,(H,29,30)(H,31,32)/t23-/m0/s1. The number of hydrogen-bond acceptors (Lipinski definition) is 6. The molecular formula is C27H30N2O6. The number of methoxy groups -OCH3 is 2. The molecule has 1 amide bonds. The first-order valence-corrected chi connectivity index (χ1v) is 11.1. The number of rotatable bonds is 10. The van der Waals surface area contributed by atoms with E-state index >= 15 is 0 Å². The maximum absolute atomic E-state index is 11.5. The van der Waals surface area contributed by atoms with Gasteiger partial charge in [0.15, 0.2) is 0 Å². The molecule has 1 atom stereocenters. The van der Waals surface area contributed by atoms with Gasteiger partial charge in [0.05, 0.1) is 14.2 Å². The molecule has 2 N–H and O–H groups in total. The Balaban J connectivity index is 1.83. The van der Waals surface area contributed by atoms with Crippen molar-refractivity contribution in [2.24, 2.45) is 0 Å². The molecule has 0 saturated carbocycles. The number of nitrogens with zero attached hydrogens (tertiary/aromatic N) is 1. The smallest absolute Gasteiger partial charge is 0.326 e. The molecule has 0 aliphatic rings. The molecule has 184 valence electrons. The number of aromatic nitrogens is 1. The molecule has 1 heterocycles. The molecule has 0 aliphatic carbocycles. The first-order valence-electron chi connectivity index (χ1n) is 11.1. The topological polar surface area (TPSA) is 107 Å². The third kappa shape index (κ3) is 6.72. The van der Waals surface area contributed by atoms with Gasteiger partial charge < -0.3 is 24.6 Å². The lowest BCUT2D eigenvalue weighted by Crippen LogP contribution is -2.41. The Labute approximate surface area is 204 Å². The minimum absolute atomic E-state index is 0.180. The van der Waals surface area contributed by atoms with Crippen LogP contribution in [0.4, 0.5) is 0 Å². The van der Waals surface area contributed by atoms with E-state index in [1.54, 1.807) is 20.4 Å². The number of aliphatic carboxylic acids is 1. The van der Waals surface area contributed by atoms with Gasteiger partial charge in [0.1, 0.15) is 23.3 Å². The van der Waals surface area contributed by atoms with Crippen LogP contribution in [-0.2, 0) is 22.4 Å². The molecule has 2 aromatic carbocycles. The van der Waals surface area contributed by atoms with Gasteiger partial charge in [-0.15, -0.1) is 0 Å². The Hall–Kier alpha value is -4.07. The van der Waals surface area contributed by atoms with Crippen molar-refractivity contribution in [2.75, 3.05) is 14.2 Å². The average molecular weight is 479 g/mol. The predicted octanol–water partition coefficient (Wildman–Crippen LogP) is 4.23. The molecule has 3 aromatic rings. The molecule has 3 rings (SSSR count). The van der Waals surface area contributed by atoms with Crippen LogP contribution in [0.2, 0.25) is 0 Å². The molecule has 0 bridgehead atoms. The van der Waals surface area contributed by atoms with Gasteiger partial charge in [0.25, 0.3) is 0 Å². The molecule has 0 fully saturated rings. The van der Waals surface area contributed by atoms with Crippen LogP contribution >= 0.6 is 0 Å². The Bertz CT molecular complexity index is 1180. The van der Waals surface area contributed by atoms with Gasteiger partial charge in [0, 0.05) is 37.6 Å². The third-order valence-corrected chi connectivity index (χ3v) is 5.51. The number of benzene rings is 2. The van der Waals surface area contributed by atoms with Crippen molar-refractivity contribution in [3.63, 3.8) is 0 Å². The van der Waals surface area contributed by atoms with Crippen molar-refractivity contribution in [1.29, 1.82) is 0 Å². The maximum atomic E-state index is 11.5. The molecule has 1 aromatic heterocycles. The van der Waals surface area contributed by atoms with E-state index in [-0.39, 0.29) is 12.3 Å². The van der Waals surface area contributed by atoms with Crippen LogP contribution in [0.5, 0.6) is 23.1 Å². The third-order valence-electron chi connectivity index (χ3n) is 5.51. The van der Waals surface area contributed by atoms with Crippen LogP contribution < -0.4 is 19.5 Å². The molecule has 0 unspecified atom stereocenters. The molecule has 35 heavy (non-hydrogen) atoms. The second-order valence-corrected chi connectivity index (χ2v) is 8.32. The minimum atomic E-state index is -1.08. The van der Waals surface area contributed by atoms with Gasteiger partial charge in [0.2, 0.25) is 11.8 Å². The van der Waals surface area contributed by atoms with E-state index in [9.17, 15) is 14.7 Å². The molecule has 0 radical (unpaired) electrons. The van der Waals surface area contributed by atoms with Crippen molar-refractivity contribution in [2.45, 2.75) is 39.7 Å². The molecule has 0 aliphatic heterocycles. The summed E-state index contributed by atoms with van der Waals surface area (Å²) >= 11 is 0. The van der Waals surface area contributed by atoms with E-state index in [1.807, 2.05) is 56.3 Å². The number of pyridine rings is 1. The quantitative estimate of drug-likeness (QED) is 0.449. The maximum Gasteiger partial charge on any atom is 0.326 e. The highest BCUT2D eigenvalue weighted by molar-refractivity contribution is 5.82. The number of amides is 1. The van der Waals surface area contributed by atoms with Crippen molar-refractivity contribution in [1.82, 2.24) is 10.3 Å². The van der Waals surface area contributed by atoms with E-state index in [0.29, 0.717) is 23.8 Å². The summed E-state index contributed by atoms with van der Waals surface area (Å²) in [4.78, 5) is 27.1. The normalized spacial score (nSPS) is 11.5. The summed E-state index contributed by atoms with van der Waals surface area (Å²) < 4.78 is 16.9. The van der Waals surface area contributed by atoms with E-state index in [0.717, 1.165) is 33.6 Å². The summed E-state index contributed by atoms with van der Waals surface area (Å²) in [5.74, 6) is 1.19. The fourth-order valence-corrected chi connectivity index (χ4v) is 3.93. The Morgan fingerprint density at radius 3 is 2.26 bits per heavy atom. The molecule has 0 spiro atoms. The summed E-state index contributed by atoms with van der Waals surface area (Å²) in [5.41, 5.74) is 4.48. The van der Waals surface area contributed by atoms with Crippen LogP contribution in [0, 0.1) is 13.8 Å². The lowest BCUT2D eigenvalue weighted by Gasteiger charge is -2.18. The van der Waals surface area contributed by atoms with Gasteiger partial charge in [-0.2, -0.15) is 0 Å². The SMILES string of the molecule is COc1ccc(Cc2cc(Oc3c(C)cc(C[C@H](NC(C)=O)C(=O)O)cc3C)ccc2OC)cn1. The number of carbonyl (C=O) groups is 2. The van der Waals surface area contributed by atoms with Crippen LogP contribution in [-0.4, -0.2) is 42.2 Å². The van der Waals surface area contributed by atoms with Crippen molar-refractivity contribution in [3.8, 4) is 23.1 Å². The molecular weight excluding hydrogens is 448 g/mol. The van der Waals surface area contributed by atoms with E-state index in [1.165, 1.54) is 6.92 Å².